The summed E-state index contributed by atoms with van der Waals surface area (Å²) < 4.78 is 2.59. The molecule has 0 saturated carbocycles. The average molecular weight is 425 g/mol. The molecule has 4 rings (SSSR count). The van der Waals surface area contributed by atoms with Gasteiger partial charge in [-0.2, -0.15) is 5.10 Å². The molecule has 30 heavy (non-hydrogen) atoms. The summed E-state index contributed by atoms with van der Waals surface area (Å²) in [4.78, 5) is 2.46. The lowest BCUT2D eigenvalue weighted by Gasteiger charge is -2.33. The standard InChI is InChI=1S/C23H28N4O2S/c1-15(2)18-12-19(21(29)13-20(18)28)22-24-25-23(30)27(22)17-8-10-26(11-9-17)14-16-6-4-3-5-7-16/h3-7,12-13,15,17,28-29H,8-11,14H2,1-2H3,(H,25,30). The van der Waals surface area contributed by atoms with Gasteiger partial charge in [-0.05, 0) is 48.2 Å². The molecule has 3 aromatic rings. The number of benzene rings is 2. The number of nitrogens with zero attached hydrogens (tertiary/aromatic N) is 3. The fourth-order valence-electron chi connectivity index (χ4n) is 4.25. The Bertz CT molecular complexity index is 1070. The molecule has 1 fully saturated rings. The van der Waals surface area contributed by atoms with E-state index in [1.165, 1.54) is 11.6 Å². The first-order valence-electron chi connectivity index (χ1n) is 10.4. The summed E-state index contributed by atoms with van der Waals surface area (Å²) in [5.41, 5.74) is 2.70. The minimum atomic E-state index is 0.00802. The highest BCUT2D eigenvalue weighted by Crippen LogP contribution is 2.38. The third kappa shape index (κ3) is 4.13. The molecule has 0 radical (unpaired) electrons. The van der Waals surface area contributed by atoms with Gasteiger partial charge in [0.25, 0.3) is 0 Å². The number of aromatic nitrogens is 3. The number of hydrogen-bond donors (Lipinski definition) is 3. The van der Waals surface area contributed by atoms with Crippen molar-refractivity contribution in [3.05, 3.63) is 58.4 Å². The first-order valence-corrected chi connectivity index (χ1v) is 10.8. The van der Waals surface area contributed by atoms with Crippen LogP contribution in [-0.4, -0.2) is 43.0 Å². The number of likely N-dealkylation sites (tertiary alicyclic amines) is 1. The Kier molecular flexibility index (Phi) is 5.92. The van der Waals surface area contributed by atoms with E-state index in [-0.39, 0.29) is 23.5 Å². The monoisotopic (exact) mass is 424 g/mol. The SMILES string of the molecule is CC(C)c1cc(-c2n[nH]c(=S)n2C2CCN(Cc3ccccc3)CC2)c(O)cc1O. The summed E-state index contributed by atoms with van der Waals surface area (Å²) in [5, 5.41) is 28.0. The smallest absolute Gasteiger partial charge is 0.195 e. The van der Waals surface area contributed by atoms with Gasteiger partial charge in [0.05, 0.1) is 5.56 Å². The number of phenols is 2. The minimum Gasteiger partial charge on any atom is -0.508 e. The second kappa shape index (κ2) is 8.62. The third-order valence-electron chi connectivity index (χ3n) is 5.88. The molecule has 0 atom stereocenters. The molecule has 1 saturated heterocycles. The van der Waals surface area contributed by atoms with Gasteiger partial charge < -0.3 is 10.2 Å². The molecule has 0 aliphatic carbocycles. The van der Waals surface area contributed by atoms with Crippen LogP contribution in [-0.2, 0) is 6.54 Å². The Hall–Kier alpha value is -2.64. The van der Waals surface area contributed by atoms with Crippen molar-refractivity contribution in [1.82, 2.24) is 19.7 Å². The molecule has 158 valence electrons. The minimum absolute atomic E-state index is 0.00802. The van der Waals surface area contributed by atoms with Crippen LogP contribution in [0.1, 0.15) is 49.8 Å². The Morgan fingerprint density at radius 1 is 1.10 bits per heavy atom. The molecule has 0 unspecified atom stereocenters. The van der Waals surface area contributed by atoms with E-state index >= 15 is 0 Å². The maximum absolute atomic E-state index is 10.5. The molecule has 3 N–H and O–H groups in total. The van der Waals surface area contributed by atoms with Crippen LogP contribution in [0.25, 0.3) is 11.4 Å². The number of H-pyrrole nitrogens is 1. The summed E-state index contributed by atoms with van der Waals surface area (Å²) in [6, 6.07) is 14.0. The summed E-state index contributed by atoms with van der Waals surface area (Å²) in [5.74, 6) is 0.858. The molecule has 2 heterocycles. The molecule has 0 amide bonds. The summed E-state index contributed by atoms with van der Waals surface area (Å²) >= 11 is 5.54. The largest absolute Gasteiger partial charge is 0.508 e. The van der Waals surface area contributed by atoms with Gasteiger partial charge in [-0.1, -0.05) is 44.2 Å². The number of aromatic hydroxyl groups is 2. The van der Waals surface area contributed by atoms with Gasteiger partial charge in [-0.25, -0.2) is 0 Å². The topological polar surface area (TPSA) is 77.3 Å². The summed E-state index contributed by atoms with van der Waals surface area (Å²) in [7, 11) is 0. The van der Waals surface area contributed by atoms with Gasteiger partial charge in [0.15, 0.2) is 10.6 Å². The Morgan fingerprint density at radius 3 is 2.47 bits per heavy atom. The predicted octanol–water partition coefficient (Wildman–Crippen LogP) is 4.98. The van der Waals surface area contributed by atoms with Gasteiger partial charge >= 0.3 is 0 Å². The van der Waals surface area contributed by atoms with Gasteiger partial charge in [0.1, 0.15) is 11.5 Å². The van der Waals surface area contributed by atoms with Crippen LogP contribution in [0.2, 0.25) is 0 Å². The lowest BCUT2D eigenvalue weighted by atomic mass is 9.98. The molecule has 0 bridgehead atoms. The molecule has 1 aliphatic heterocycles. The zero-order valence-electron chi connectivity index (χ0n) is 17.4. The first-order chi connectivity index (χ1) is 14.4. The lowest BCUT2D eigenvalue weighted by molar-refractivity contribution is 0.179. The van der Waals surface area contributed by atoms with E-state index in [1.54, 1.807) is 0 Å². The van der Waals surface area contributed by atoms with Crippen LogP contribution in [0.4, 0.5) is 0 Å². The molecule has 7 heteroatoms. The van der Waals surface area contributed by atoms with Crippen LogP contribution in [0.15, 0.2) is 42.5 Å². The van der Waals surface area contributed by atoms with E-state index in [0.717, 1.165) is 38.0 Å². The van der Waals surface area contributed by atoms with Crippen molar-refractivity contribution < 1.29 is 10.2 Å². The fraction of sp³-hybridized carbons (Fsp3) is 0.391. The van der Waals surface area contributed by atoms with Gasteiger partial charge in [-0.15, -0.1) is 0 Å². The van der Waals surface area contributed by atoms with E-state index in [2.05, 4.69) is 39.4 Å². The number of nitrogens with one attached hydrogen (secondary N) is 1. The number of aromatic amines is 1. The van der Waals surface area contributed by atoms with Gasteiger partial charge in [-0.3, -0.25) is 14.6 Å². The normalized spacial score (nSPS) is 15.7. The Balaban J connectivity index is 1.57. The number of piperidine rings is 1. The maximum Gasteiger partial charge on any atom is 0.195 e. The van der Waals surface area contributed by atoms with E-state index in [4.69, 9.17) is 12.2 Å². The van der Waals surface area contributed by atoms with Gasteiger partial charge in [0.2, 0.25) is 0 Å². The van der Waals surface area contributed by atoms with Crippen LogP contribution < -0.4 is 0 Å². The summed E-state index contributed by atoms with van der Waals surface area (Å²) in [6.07, 6.45) is 1.92. The molecule has 0 spiro atoms. The maximum atomic E-state index is 10.5. The quantitative estimate of drug-likeness (QED) is 0.504. The van der Waals surface area contributed by atoms with Crippen molar-refractivity contribution >= 4 is 12.2 Å². The van der Waals surface area contributed by atoms with Crippen molar-refractivity contribution in [3.63, 3.8) is 0 Å². The summed E-state index contributed by atoms with van der Waals surface area (Å²) in [6.45, 7) is 6.92. The van der Waals surface area contributed by atoms with Crippen LogP contribution >= 0.6 is 12.2 Å². The number of phenolic OH excluding ortho intramolecular Hbond substituents is 2. The van der Waals surface area contributed by atoms with Crippen LogP contribution in [0.5, 0.6) is 11.5 Å². The Morgan fingerprint density at radius 2 is 1.80 bits per heavy atom. The highest BCUT2D eigenvalue weighted by molar-refractivity contribution is 7.71. The zero-order chi connectivity index (χ0) is 21.3. The second-order valence-corrected chi connectivity index (χ2v) is 8.68. The third-order valence-corrected chi connectivity index (χ3v) is 6.17. The Labute approximate surface area is 181 Å². The zero-order valence-corrected chi connectivity index (χ0v) is 18.2. The highest BCUT2D eigenvalue weighted by atomic mass is 32.1. The van der Waals surface area contributed by atoms with Crippen LogP contribution in [0, 0.1) is 4.77 Å². The molecule has 1 aliphatic rings. The fourth-order valence-corrected chi connectivity index (χ4v) is 4.53. The van der Waals surface area contributed by atoms with Crippen molar-refractivity contribution in [1.29, 1.82) is 0 Å². The van der Waals surface area contributed by atoms with E-state index < -0.39 is 0 Å². The molecule has 6 nitrogen and oxygen atoms in total. The first kappa shape index (κ1) is 20.6. The van der Waals surface area contributed by atoms with Crippen LogP contribution in [0.3, 0.4) is 0 Å². The number of rotatable bonds is 5. The van der Waals surface area contributed by atoms with E-state index in [1.807, 2.05) is 30.5 Å². The number of hydrogen-bond acceptors (Lipinski definition) is 5. The van der Waals surface area contributed by atoms with Crippen molar-refractivity contribution in [2.75, 3.05) is 13.1 Å². The van der Waals surface area contributed by atoms with E-state index in [0.29, 0.717) is 16.2 Å². The molecule has 2 aromatic carbocycles. The molecular weight excluding hydrogens is 396 g/mol. The van der Waals surface area contributed by atoms with Gasteiger partial charge in [0, 0.05) is 31.7 Å². The molecule has 1 aromatic heterocycles. The predicted molar refractivity (Wildman–Crippen MR) is 120 cm³/mol. The second-order valence-electron chi connectivity index (χ2n) is 8.30. The van der Waals surface area contributed by atoms with Crippen molar-refractivity contribution in [3.8, 4) is 22.9 Å². The highest BCUT2D eigenvalue weighted by Gasteiger charge is 2.26. The molecular formula is C23H28N4O2S. The van der Waals surface area contributed by atoms with E-state index in [9.17, 15) is 10.2 Å². The average Bonchev–Trinajstić information content (AvgIpc) is 3.10. The van der Waals surface area contributed by atoms with Crippen molar-refractivity contribution in [2.24, 2.45) is 0 Å². The lowest BCUT2D eigenvalue weighted by Crippen LogP contribution is -2.34. The van der Waals surface area contributed by atoms with Crippen molar-refractivity contribution in [2.45, 2.75) is 45.2 Å².